The normalized spacial score (nSPS) is 30.4. The monoisotopic (exact) mass is 826 g/mol. The van der Waals surface area contributed by atoms with Crippen LogP contribution < -0.4 is 0 Å². The van der Waals surface area contributed by atoms with Crippen LogP contribution in [0.2, 0.25) is 0 Å². The van der Waals surface area contributed by atoms with Gasteiger partial charge in [0.25, 0.3) is 20.2 Å². The molecule has 4 aliphatic carbocycles. The van der Waals surface area contributed by atoms with E-state index in [9.17, 15) is 25.9 Å². The van der Waals surface area contributed by atoms with Crippen LogP contribution in [0.25, 0.3) is 27.1 Å². The predicted octanol–water partition coefficient (Wildman–Crippen LogP) is 12.4. The molecule has 4 aliphatic rings. The molecule has 2 N–H and O–H groups in total. The molecule has 0 spiro atoms. The Labute approximate surface area is 346 Å². The third kappa shape index (κ3) is 7.67. The van der Waals surface area contributed by atoms with Crippen molar-refractivity contribution in [3.63, 3.8) is 0 Å². The maximum atomic E-state index is 12.1. The van der Waals surface area contributed by atoms with Gasteiger partial charge in [0.2, 0.25) is 0 Å². The zero-order valence-electron chi connectivity index (χ0n) is 34.9. The van der Waals surface area contributed by atoms with Crippen molar-refractivity contribution in [3.05, 3.63) is 90.2 Å². The molecule has 0 amide bonds. The Morgan fingerprint density at radius 3 is 1.90 bits per heavy atom. The first-order chi connectivity index (χ1) is 27.5. The first-order valence-corrected chi connectivity index (χ1v) is 24.7. The number of rotatable bonds is 11. The molecular weight excluding hydrogens is 765 g/mol. The average Bonchev–Trinajstić information content (AvgIpc) is 3.54. The van der Waals surface area contributed by atoms with Crippen molar-refractivity contribution in [2.24, 2.45) is 52.3 Å². The summed E-state index contributed by atoms with van der Waals surface area (Å²) in [7, 11) is -8.80. The van der Waals surface area contributed by atoms with E-state index in [4.69, 9.17) is 4.74 Å². The Hall–Kier alpha value is -3.24. The van der Waals surface area contributed by atoms with Gasteiger partial charge in [0, 0.05) is 5.57 Å². The Balaban J connectivity index is 1.07. The fourth-order valence-electron chi connectivity index (χ4n) is 13.1. The van der Waals surface area contributed by atoms with Crippen LogP contribution in [0.5, 0.6) is 0 Å². The van der Waals surface area contributed by atoms with E-state index in [1.54, 1.807) is 12.1 Å². The summed E-state index contributed by atoms with van der Waals surface area (Å²) in [5.74, 6) is 5.53. The van der Waals surface area contributed by atoms with Crippen LogP contribution in [-0.2, 0) is 25.0 Å². The molecule has 0 saturated heterocycles. The lowest BCUT2D eigenvalue weighted by Crippen LogP contribution is -2.54. The first-order valence-electron chi connectivity index (χ1n) is 21.8. The largest absolute Gasteiger partial charge is 0.497 e. The van der Waals surface area contributed by atoms with Crippen LogP contribution in [0.4, 0.5) is 0 Å². The lowest BCUT2D eigenvalue weighted by molar-refractivity contribution is -0.130. The summed E-state index contributed by atoms with van der Waals surface area (Å²) < 4.78 is 74.7. The molecule has 7 nitrogen and oxygen atoms in total. The second-order valence-corrected chi connectivity index (χ2v) is 22.4. The van der Waals surface area contributed by atoms with E-state index in [1.807, 2.05) is 42.7 Å². The van der Waals surface area contributed by atoms with Crippen molar-refractivity contribution in [3.8, 4) is 0 Å². The van der Waals surface area contributed by atoms with E-state index in [-0.39, 0.29) is 15.9 Å². The Bertz CT molecular complexity index is 2320. The molecule has 9 atom stereocenters. The smallest absolute Gasteiger partial charge is 0.294 e. The number of hydrogen-bond acceptors (Lipinski definition) is 5. The van der Waals surface area contributed by atoms with E-state index in [0.29, 0.717) is 27.5 Å². The molecule has 58 heavy (non-hydrogen) atoms. The number of hydrogen-bond donors (Lipinski definition) is 2. The summed E-state index contributed by atoms with van der Waals surface area (Å²) in [6.07, 6.45) is 17.3. The van der Waals surface area contributed by atoms with Gasteiger partial charge < -0.3 is 4.74 Å². The highest BCUT2D eigenvalue weighted by Crippen LogP contribution is 2.68. The second kappa shape index (κ2) is 15.7. The molecule has 8 rings (SSSR count). The molecule has 4 aromatic carbocycles. The fourth-order valence-corrected chi connectivity index (χ4v) is 14.1. The van der Waals surface area contributed by atoms with Gasteiger partial charge in [-0.1, -0.05) is 102 Å². The van der Waals surface area contributed by atoms with E-state index < -0.39 is 20.2 Å². The number of fused-ring (bicyclic) bond motifs is 7. The highest BCUT2D eigenvalue weighted by Gasteiger charge is 2.60. The van der Waals surface area contributed by atoms with Gasteiger partial charge in [0.1, 0.15) is 0 Å². The Kier molecular flexibility index (Phi) is 11.2. The van der Waals surface area contributed by atoms with Crippen molar-refractivity contribution < 1.29 is 30.7 Å². The topological polar surface area (TPSA) is 118 Å². The highest BCUT2D eigenvalue weighted by atomic mass is 32.2. The maximum absolute atomic E-state index is 12.1. The molecule has 4 aromatic rings. The summed E-state index contributed by atoms with van der Waals surface area (Å²) >= 11 is 0. The molecule has 0 aromatic heterocycles. The van der Waals surface area contributed by atoms with Crippen LogP contribution in [0, 0.1) is 52.3 Å². The van der Waals surface area contributed by atoms with E-state index in [2.05, 4.69) is 34.6 Å². The molecule has 0 bridgehead atoms. The summed E-state index contributed by atoms with van der Waals surface area (Å²) in [4.78, 5) is -0.354. The summed E-state index contributed by atoms with van der Waals surface area (Å²) in [6.45, 7) is 12.6. The molecule has 312 valence electrons. The lowest BCUT2D eigenvalue weighted by Gasteiger charge is -2.61. The summed E-state index contributed by atoms with van der Waals surface area (Å²) in [6, 6.07) is 20.5. The standard InChI is InChI=1S/C49H62O7S2/c1-31(2)9-6-10-32(3)45-21-22-46-43-18-15-35-29-36(23-25-48(35,4)47(43)24-26-49(45,46)5)56-30-44(41-13-7-11-33-27-37(57(50,51)52)16-19-39(33)41)42-14-8-12-34-28-38(58(53,54)55)17-20-40(34)42/h7-8,11-14,16-17,19-20,27-28,30-32,35-36,43,45-47H,6,9-10,15,18,21-26,29H2,1-5H3,(H,50,51,52)(H,53,54,55)/t32-,35+,36+,43+,45-,46+,47+,48+,49-/m1/s1. The third-order valence-electron chi connectivity index (χ3n) is 16.1. The molecule has 4 saturated carbocycles. The van der Waals surface area contributed by atoms with Gasteiger partial charge in [-0.3, -0.25) is 9.11 Å². The molecule has 0 aliphatic heterocycles. The van der Waals surface area contributed by atoms with Gasteiger partial charge in [-0.05, 0) is 167 Å². The van der Waals surface area contributed by atoms with Crippen LogP contribution in [0.3, 0.4) is 0 Å². The average molecular weight is 827 g/mol. The zero-order valence-corrected chi connectivity index (χ0v) is 36.5. The molecule has 0 unspecified atom stereocenters. The van der Waals surface area contributed by atoms with Gasteiger partial charge in [-0.25, -0.2) is 0 Å². The van der Waals surface area contributed by atoms with Crippen molar-refractivity contribution in [2.75, 3.05) is 0 Å². The molecule has 0 radical (unpaired) electrons. The van der Waals surface area contributed by atoms with Gasteiger partial charge in [-0.2, -0.15) is 16.8 Å². The van der Waals surface area contributed by atoms with Crippen molar-refractivity contribution in [2.45, 2.75) is 128 Å². The second-order valence-electron chi connectivity index (χ2n) is 19.6. The first kappa shape index (κ1) is 41.5. The molecular formula is C49H62O7S2. The minimum Gasteiger partial charge on any atom is -0.497 e. The van der Waals surface area contributed by atoms with Crippen LogP contribution in [0.15, 0.2) is 88.8 Å². The lowest BCUT2D eigenvalue weighted by atomic mass is 9.44. The summed E-state index contributed by atoms with van der Waals surface area (Å²) in [5.41, 5.74) is 3.22. The fraction of sp³-hybridized carbons (Fsp3) is 0.551. The zero-order chi connectivity index (χ0) is 41.2. The number of benzene rings is 4. The Morgan fingerprint density at radius 2 is 1.31 bits per heavy atom. The van der Waals surface area contributed by atoms with Crippen molar-refractivity contribution in [1.29, 1.82) is 0 Å². The Morgan fingerprint density at radius 1 is 0.724 bits per heavy atom. The molecule has 0 heterocycles. The van der Waals surface area contributed by atoms with Gasteiger partial charge in [0.15, 0.2) is 0 Å². The minimum absolute atomic E-state index is 0.0447. The third-order valence-corrected chi connectivity index (χ3v) is 17.8. The SMILES string of the molecule is CC(C)CCC[C@@H](C)[C@H]1CC[C@H]2[C@@H]3CC[C@H]4C[C@@H](OC=C(c5cccc6cc(S(=O)(=O)O)ccc56)c5cccc6cc(S(=O)(=O)O)ccc56)CC[C@]4(C)[C@H]3CC[C@]12C. The number of ether oxygens (including phenoxy) is 1. The van der Waals surface area contributed by atoms with E-state index in [1.165, 1.54) is 82.1 Å². The van der Waals surface area contributed by atoms with Crippen LogP contribution >= 0.6 is 0 Å². The highest BCUT2D eigenvalue weighted by molar-refractivity contribution is 7.86. The minimum atomic E-state index is -4.40. The van der Waals surface area contributed by atoms with Gasteiger partial charge in [-0.15, -0.1) is 0 Å². The van der Waals surface area contributed by atoms with E-state index >= 15 is 0 Å². The van der Waals surface area contributed by atoms with Gasteiger partial charge >= 0.3 is 0 Å². The summed E-state index contributed by atoms with van der Waals surface area (Å²) in [5, 5.41) is 2.87. The predicted molar refractivity (Wildman–Crippen MR) is 233 cm³/mol. The molecule has 9 heteroatoms. The molecule has 4 fully saturated rings. The quantitative estimate of drug-likeness (QED) is 0.114. The van der Waals surface area contributed by atoms with E-state index in [0.717, 1.165) is 82.2 Å². The van der Waals surface area contributed by atoms with Crippen molar-refractivity contribution in [1.82, 2.24) is 0 Å². The van der Waals surface area contributed by atoms with Crippen LogP contribution in [-0.4, -0.2) is 32.0 Å². The van der Waals surface area contributed by atoms with Crippen molar-refractivity contribution >= 4 is 47.4 Å². The van der Waals surface area contributed by atoms with Gasteiger partial charge in [0.05, 0.1) is 22.2 Å². The maximum Gasteiger partial charge on any atom is 0.294 e. The van der Waals surface area contributed by atoms with Crippen LogP contribution in [0.1, 0.15) is 123 Å².